The van der Waals surface area contributed by atoms with Crippen LogP contribution in [-0.4, -0.2) is 24.3 Å². The first-order valence-electron chi connectivity index (χ1n) is 5.76. The highest BCUT2D eigenvalue weighted by Crippen LogP contribution is 2.40. The van der Waals surface area contributed by atoms with Gasteiger partial charge in [0.25, 0.3) is 0 Å². The van der Waals surface area contributed by atoms with Crippen LogP contribution in [-0.2, 0) is 14.3 Å². The molecule has 0 N–H and O–H groups in total. The molecule has 0 unspecified atom stereocenters. The van der Waals surface area contributed by atoms with Gasteiger partial charge in [-0.2, -0.15) is 0 Å². The van der Waals surface area contributed by atoms with Crippen LogP contribution in [0.25, 0.3) is 0 Å². The predicted molar refractivity (Wildman–Crippen MR) is 56.5 cm³/mol. The Morgan fingerprint density at radius 2 is 2.13 bits per heavy atom. The zero-order chi connectivity index (χ0) is 11.1. The van der Waals surface area contributed by atoms with E-state index in [4.69, 9.17) is 9.47 Å². The second-order valence-electron chi connectivity index (χ2n) is 5.49. The summed E-state index contributed by atoms with van der Waals surface area (Å²) in [6.45, 7) is 6.53. The van der Waals surface area contributed by atoms with Gasteiger partial charge in [-0.15, -0.1) is 0 Å². The second kappa shape index (κ2) is 3.56. The summed E-state index contributed by atoms with van der Waals surface area (Å²) in [5, 5.41) is 0. The van der Waals surface area contributed by atoms with Gasteiger partial charge in [0.2, 0.25) is 0 Å². The molecule has 15 heavy (non-hydrogen) atoms. The molecule has 0 aromatic rings. The summed E-state index contributed by atoms with van der Waals surface area (Å²) in [4.78, 5) is 11.7. The molecule has 2 rings (SSSR count). The summed E-state index contributed by atoms with van der Waals surface area (Å²) in [6, 6.07) is 0. The van der Waals surface area contributed by atoms with Crippen molar-refractivity contribution in [2.45, 2.75) is 58.3 Å². The van der Waals surface area contributed by atoms with Gasteiger partial charge >= 0.3 is 0 Å². The SMILES string of the molecule is CC1(C)OC[C@@H](C[C@]2(C)CCCC2=O)O1. The zero-order valence-corrected chi connectivity index (χ0v) is 9.84. The van der Waals surface area contributed by atoms with Crippen molar-refractivity contribution in [3.05, 3.63) is 0 Å². The first-order chi connectivity index (χ1) is 6.91. The number of hydrogen-bond acceptors (Lipinski definition) is 3. The molecule has 1 saturated carbocycles. The minimum absolute atomic E-state index is 0.0899. The lowest BCUT2D eigenvalue weighted by molar-refractivity contribution is -0.145. The van der Waals surface area contributed by atoms with Crippen LogP contribution in [0.15, 0.2) is 0 Å². The van der Waals surface area contributed by atoms with Gasteiger partial charge in [0, 0.05) is 11.8 Å². The number of rotatable bonds is 2. The molecule has 86 valence electrons. The Hall–Kier alpha value is -0.410. The van der Waals surface area contributed by atoms with Crippen LogP contribution < -0.4 is 0 Å². The van der Waals surface area contributed by atoms with Crippen molar-refractivity contribution in [3.63, 3.8) is 0 Å². The minimum atomic E-state index is -0.470. The van der Waals surface area contributed by atoms with E-state index in [-0.39, 0.29) is 11.5 Å². The van der Waals surface area contributed by atoms with Gasteiger partial charge in [-0.3, -0.25) is 4.79 Å². The van der Waals surface area contributed by atoms with Crippen molar-refractivity contribution in [1.82, 2.24) is 0 Å². The van der Waals surface area contributed by atoms with Crippen molar-refractivity contribution >= 4 is 5.78 Å². The minimum Gasteiger partial charge on any atom is -0.348 e. The fourth-order valence-corrected chi connectivity index (χ4v) is 2.66. The molecule has 1 heterocycles. The highest BCUT2D eigenvalue weighted by atomic mass is 16.7. The molecule has 0 spiro atoms. The van der Waals surface area contributed by atoms with Crippen molar-refractivity contribution in [3.8, 4) is 0 Å². The summed E-state index contributed by atoms with van der Waals surface area (Å²) in [7, 11) is 0. The Morgan fingerprint density at radius 3 is 2.60 bits per heavy atom. The number of ketones is 1. The van der Waals surface area contributed by atoms with Crippen LogP contribution in [0.1, 0.15) is 46.5 Å². The summed E-state index contributed by atoms with van der Waals surface area (Å²) < 4.78 is 11.3. The third-order valence-electron chi connectivity index (χ3n) is 3.55. The molecule has 0 aromatic carbocycles. The molecule has 3 heteroatoms. The summed E-state index contributed by atoms with van der Waals surface area (Å²) >= 11 is 0. The number of carbonyl (C=O) groups is 1. The average Bonchev–Trinajstić information content (AvgIpc) is 2.59. The molecule has 2 atom stereocenters. The lowest BCUT2D eigenvalue weighted by Crippen LogP contribution is -2.30. The van der Waals surface area contributed by atoms with E-state index in [0.29, 0.717) is 12.4 Å². The highest BCUT2D eigenvalue weighted by Gasteiger charge is 2.43. The van der Waals surface area contributed by atoms with E-state index < -0.39 is 5.79 Å². The first kappa shape index (κ1) is 11.1. The van der Waals surface area contributed by atoms with Gasteiger partial charge in [0.1, 0.15) is 5.78 Å². The van der Waals surface area contributed by atoms with Crippen LogP contribution >= 0.6 is 0 Å². The maximum absolute atomic E-state index is 11.7. The maximum Gasteiger partial charge on any atom is 0.163 e. The molecular formula is C12H20O3. The molecule has 1 aliphatic heterocycles. The normalized spacial score (nSPS) is 39.9. The van der Waals surface area contributed by atoms with Gasteiger partial charge in [0.15, 0.2) is 5.79 Å². The van der Waals surface area contributed by atoms with Gasteiger partial charge in [-0.05, 0) is 33.1 Å². The molecular weight excluding hydrogens is 192 g/mol. The van der Waals surface area contributed by atoms with E-state index in [0.717, 1.165) is 25.7 Å². The lowest BCUT2D eigenvalue weighted by atomic mass is 9.82. The molecule has 3 nitrogen and oxygen atoms in total. The van der Waals surface area contributed by atoms with Crippen LogP contribution in [0, 0.1) is 5.41 Å². The van der Waals surface area contributed by atoms with Gasteiger partial charge in [-0.25, -0.2) is 0 Å². The highest BCUT2D eigenvalue weighted by molar-refractivity contribution is 5.86. The third kappa shape index (κ3) is 2.23. The van der Waals surface area contributed by atoms with Gasteiger partial charge in [0.05, 0.1) is 12.7 Å². The van der Waals surface area contributed by atoms with Crippen LogP contribution in [0.4, 0.5) is 0 Å². The predicted octanol–water partition coefficient (Wildman–Crippen LogP) is 2.29. The fraction of sp³-hybridized carbons (Fsp3) is 0.917. The summed E-state index contributed by atoms with van der Waals surface area (Å²) in [5.41, 5.74) is -0.158. The van der Waals surface area contributed by atoms with Crippen molar-refractivity contribution in [2.75, 3.05) is 6.61 Å². The third-order valence-corrected chi connectivity index (χ3v) is 3.55. The second-order valence-corrected chi connectivity index (χ2v) is 5.49. The number of carbonyl (C=O) groups excluding carboxylic acids is 1. The Labute approximate surface area is 91.1 Å². The largest absolute Gasteiger partial charge is 0.348 e. The van der Waals surface area contributed by atoms with E-state index in [2.05, 4.69) is 6.92 Å². The van der Waals surface area contributed by atoms with E-state index in [1.807, 2.05) is 13.8 Å². The Morgan fingerprint density at radius 1 is 1.40 bits per heavy atom. The first-order valence-corrected chi connectivity index (χ1v) is 5.76. The van der Waals surface area contributed by atoms with Crippen LogP contribution in [0.2, 0.25) is 0 Å². The summed E-state index contributed by atoms with van der Waals surface area (Å²) in [6.07, 6.45) is 3.69. The van der Waals surface area contributed by atoms with Crippen molar-refractivity contribution in [2.24, 2.45) is 5.41 Å². The molecule has 1 aliphatic carbocycles. The van der Waals surface area contributed by atoms with Crippen molar-refractivity contribution in [1.29, 1.82) is 0 Å². The topological polar surface area (TPSA) is 35.5 Å². The van der Waals surface area contributed by atoms with Gasteiger partial charge < -0.3 is 9.47 Å². The number of ether oxygens (including phenoxy) is 2. The molecule has 0 bridgehead atoms. The smallest absolute Gasteiger partial charge is 0.163 e. The van der Waals surface area contributed by atoms with E-state index in [1.165, 1.54) is 0 Å². The van der Waals surface area contributed by atoms with Gasteiger partial charge in [-0.1, -0.05) is 6.92 Å². The quantitative estimate of drug-likeness (QED) is 0.704. The molecule has 2 fully saturated rings. The lowest BCUT2D eigenvalue weighted by Gasteiger charge is -2.25. The van der Waals surface area contributed by atoms with E-state index >= 15 is 0 Å². The number of Topliss-reactive ketones (excluding diaryl/α,β-unsaturated/α-hetero) is 1. The monoisotopic (exact) mass is 212 g/mol. The Kier molecular flexibility index (Phi) is 2.63. The molecule has 0 amide bonds. The fourth-order valence-electron chi connectivity index (χ4n) is 2.66. The molecule has 0 radical (unpaired) electrons. The average molecular weight is 212 g/mol. The molecule has 2 aliphatic rings. The zero-order valence-electron chi connectivity index (χ0n) is 9.84. The standard InChI is InChI=1S/C12H20O3/c1-11(2)14-8-9(15-11)7-12(3)6-4-5-10(12)13/h9H,4-8H2,1-3H3/t9-,12+/m1/s1. The van der Waals surface area contributed by atoms with Crippen LogP contribution in [0.5, 0.6) is 0 Å². The van der Waals surface area contributed by atoms with Crippen LogP contribution in [0.3, 0.4) is 0 Å². The molecule has 1 saturated heterocycles. The van der Waals surface area contributed by atoms with Crippen molar-refractivity contribution < 1.29 is 14.3 Å². The maximum atomic E-state index is 11.7. The Bertz CT molecular complexity index is 272. The van der Waals surface area contributed by atoms with E-state index in [9.17, 15) is 4.79 Å². The number of hydrogen-bond donors (Lipinski definition) is 0. The Balaban J connectivity index is 1.95. The van der Waals surface area contributed by atoms with E-state index in [1.54, 1.807) is 0 Å². The summed E-state index contributed by atoms with van der Waals surface area (Å²) in [5.74, 6) is -0.0707. The molecule has 0 aromatic heterocycles.